The van der Waals surface area contributed by atoms with E-state index >= 15 is 0 Å². The highest BCUT2D eigenvalue weighted by Gasteiger charge is 2.09. The zero-order valence-corrected chi connectivity index (χ0v) is 13.0. The third-order valence-corrected chi connectivity index (χ3v) is 3.45. The monoisotopic (exact) mass is 276 g/mol. The third kappa shape index (κ3) is 6.20. The number of rotatable bonds is 8. The van der Waals surface area contributed by atoms with Gasteiger partial charge in [-0.2, -0.15) is 0 Å². The van der Waals surface area contributed by atoms with Crippen LogP contribution in [0.1, 0.15) is 56.0 Å². The number of hydrogen-bond acceptors (Lipinski definition) is 2. The fraction of sp³-hybridized carbons (Fsp3) is 0.588. The van der Waals surface area contributed by atoms with Gasteiger partial charge in [0.2, 0.25) is 0 Å². The second-order valence-corrected chi connectivity index (χ2v) is 5.93. The Kier molecular flexibility index (Phi) is 7.31. The molecule has 3 heteroatoms. The Morgan fingerprint density at radius 2 is 1.80 bits per heavy atom. The summed E-state index contributed by atoms with van der Waals surface area (Å²) in [7, 11) is 0. The SMILES string of the molecule is CC(C)CCCC(C)NC(=O)c1ccc(CCN)cc1. The van der Waals surface area contributed by atoms with Crippen LogP contribution in [0.3, 0.4) is 0 Å². The summed E-state index contributed by atoms with van der Waals surface area (Å²) in [4.78, 5) is 12.1. The largest absolute Gasteiger partial charge is 0.350 e. The van der Waals surface area contributed by atoms with Gasteiger partial charge >= 0.3 is 0 Å². The minimum atomic E-state index is 0.0151. The minimum absolute atomic E-state index is 0.0151. The standard InChI is InChI=1S/C17H28N2O/c1-13(2)5-4-6-14(3)19-17(20)16-9-7-15(8-10-16)11-12-18/h7-10,13-14H,4-6,11-12,18H2,1-3H3,(H,19,20). The van der Waals surface area contributed by atoms with Gasteiger partial charge in [-0.05, 0) is 49.9 Å². The molecule has 0 saturated carbocycles. The van der Waals surface area contributed by atoms with Crippen LogP contribution in [-0.2, 0) is 6.42 Å². The lowest BCUT2D eigenvalue weighted by Crippen LogP contribution is -2.32. The first kappa shape index (κ1) is 16.7. The molecule has 0 aliphatic heterocycles. The van der Waals surface area contributed by atoms with Crippen molar-refractivity contribution in [3.8, 4) is 0 Å². The topological polar surface area (TPSA) is 55.1 Å². The first-order valence-electron chi connectivity index (χ1n) is 7.62. The molecule has 0 radical (unpaired) electrons. The molecular weight excluding hydrogens is 248 g/mol. The summed E-state index contributed by atoms with van der Waals surface area (Å²) in [6, 6.07) is 7.93. The van der Waals surface area contributed by atoms with Crippen molar-refractivity contribution in [1.29, 1.82) is 0 Å². The van der Waals surface area contributed by atoms with Gasteiger partial charge in [0.15, 0.2) is 0 Å². The lowest BCUT2D eigenvalue weighted by atomic mass is 10.0. The number of benzene rings is 1. The fourth-order valence-corrected chi connectivity index (χ4v) is 2.20. The van der Waals surface area contributed by atoms with E-state index in [9.17, 15) is 4.79 Å². The van der Waals surface area contributed by atoms with Crippen LogP contribution in [0.4, 0.5) is 0 Å². The average Bonchev–Trinajstić information content (AvgIpc) is 2.39. The summed E-state index contributed by atoms with van der Waals surface area (Å²) in [6.45, 7) is 7.16. The van der Waals surface area contributed by atoms with Crippen LogP contribution in [0.5, 0.6) is 0 Å². The molecule has 0 spiro atoms. The molecule has 0 aliphatic rings. The van der Waals surface area contributed by atoms with Crippen molar-refractivity contribution in [3.63, 3.8) is 0 Å². The van der Waals surface area contributed by atoms with Gasteiger partial charge in [-0.3, -0.25) is 4.79 Å². The summed E-state index contributed by atoms with van der Waals surface area (Å²) in [6.07, 6.45) is 4.27. The van der Waals surface area contributed by atoms with Gasteiger partial charge in [0, 0.05) is 11.6 Å². The molecule has 0 aliphatic carbocycles. The molecular formula is C17H28N2O. The molecule has 0 saturated heterocycles. The molecule has 1 unspecified atom stereocenters. The zero-order chi connectivity index (χ0) is 15.0. The van der Waals surface area contributed by atoms with Crippen LogP contribution in [0.2, 0.25) is 0 Å². The normalized spacial score (nSPS) is 12.4. The third-order valence-electron chi connectivity index (χ3n) is 3.45. The quantitative estimate of drug-likeness (QED) is 0.766. The van der Waals surface area contributed by atoms with Gasteiger partial charge in [0.25, 0.3) is 5.91 Å². The smallest absolute Gasteiger partial charge is 0.251 e. The van der Waals surface area contributed by atoms with Crippen molar-refractivity contribution in [3.05, 3.63) is 35.4 Å². The highest BCUT2D eigenvalue weighted by atomic mass is 16.1. The Morgan fingerprint density at radius 1 is 1.15 bits per heavy atom. The molecule has 1 atom stereocenters. The first-order chi connectivity index (χ1) is 9.52. The first-order valence-corrected chi connectivity index (χ1v) is 7.62. The minimum Gasteiger partial charge on any atom is -0.350 e. The van der Waals surface area contributed by atoms with E-state index < -0.39 is 0 Å². The number of nitrogens with two attached hydrogens (primary N) is 1. The second kappa shape index (κ2) is 8.75. The Morgan fingerprint density at radius 3 is 2.35 bits per heavy atom. The Balaban J connectivity index is 2.41. The lowest BCUT2D eigenvalue weighted by Gasteiger charge is -2.14. The van der Waals surface area contributed by atoms with Crippen molar-refractivity contribution in [1.82, 2.24) is 5.32 Å². The van der Waals surface area contributed by atoms with E-state index in [-0.39, 0.29) is 11.9 Å². The van der Waals surface area contributed by atoms with Crippen molar-refractivity contribution >= 4 is 5.91 Å². The fourth-order valence-electron chi connectivity index (χ4n) is 2.20. The molecule has 1 aromatic carbocycles. The van der Waals surface area contributed by atoms with Gasteiger partial charge in [0.05, 0.1) is 0 Å². The van der Waals surface area contributed by atoms with Crippen molar-refractivity contribution in [2.45, 2.75) is 52.5 Å². The maximum atomic E-state index is 12.1. The zero-order valence-electron chi connectivity index (χ0n) is 13.0. The van der Waals surface area contributed by atoms with Crippen molar-refractivity contribution in [2.24, 2.45) is 11.7 Å². The van der Waals surface area contributed by atoms with E-state index in [1.54, 1.807) is 0 Å². The van der Waals surface area contributed by atoms with Gasteiger partial charge < -0.3 is 11.1 Å². The van der Waals surface area contributed by atoms with Gasteiger partial charge in [0.1, 0.15) is 0 Å². The Labute approximate surface area is 122 Å². The number of amides is 1. The van der Waals surface area contributed by atoms with Crippen LogP contribution in [-0.4, -0.2) is 18.5 Å². The van der Waals surface area contributed by atoms with Crippen LogP contribution in [0.15, 0.2) is 24.3 Å². The van der Waals surface area contributed by atoms with E-state index in [1.807, 2.05) is 24.3 Å². The Bertz CT molecular complexity index is 398. The van der Waals surface area contributed by atoms with Gasteiger partial charge in [-0.25, -0.2) is 0 Å². The molecule has 3 N–H and O–H groups in total. The molecule has 0 aromatic heterocycles. The van der Waals surface area contributed by atoms with E-state index in [1.165, 1.54) is 12.0 Å². The predicted octanol–water partition coefficient (Wildman–Crippen LogP) is 3.13. The lowest BCUT2D eigenvalue weighted by molar-refractivity contribution is 0.0938. The number of carbonyl (C=O) groups is 1. The molecule has 1 rings (SSSR count). The molecule has 0 bridgehead atoms. The highest BCUT2D eigenvalue weighted by Crippen LogP contribution is 2.09. The molecule has 0 fully saturated rings. The van der Waals surface area contributed by atoms with E-state index in [0.29, 0.717) is 6.54 Å². The molecule has 0 heterocycles. The summed E-state index contributed by atoms with van der Waals surface area (Å²) >= 11 is 0. The van der Waals surface area contributed by atoms with Crippen LogP contribution in [0.25, 0.3) is 0 Å². The van der Waals surface area contributed by atoms with E-state index in [2.05, 4.69) is 26.1 Å². The maximum absolute atomic E-state index is 12.1. The number of hydrogen-bond donors (Lipinski definition) is 2. The van der Waals surface area contributed by atoms with E-state index in [4.69, 9.17) is 5.73 Å². The number of carbonyl (C=O) groups excluding carboxylic acids is 1. The number of nitrogens with one attached hydrogen (secondary N) is 1. The summed E-state index contributed by atoms with van der Waals surface area (Å²) in [5.74, 6) is 0.745. The molecule has 1 amide bonds. The maximum Gasteiger partial charge on any atom is 0.251 e. The highest BCUT2D eigenvalue weighted by molar-refractivity contribution is 5.94. The molecule has 1 aromatic rings. The second-order valence-electron chi connectivity index (χ2n) is 5.93. The van der Waals surface area contributed by atoms with Gasteiger partial charge in [-0.1, -0.05) is 38.8 Å². The average molecular weight is 276 g/mol. The molecule has 20 heavy (non-hydrogen) atoms. The summed E-state index contributed by atoms with van der Waals surface area (Å²) < 4.78 is 0. The van der Waals surface area contributed by atoms with Crippen molar-refractivity contribution < 1.29 is 4.79 Å². The van der Waals surface area contributed by atoms with Crippen LogP contribution in [0, 0.1) is 5.92 Å². The van der Waals surface area contributed by atoms with Crippen molar-refractivity contribution in [2.75, 3.05) is 6.54 Å². The summed E-state index contributed by atoms with van der Waals surface area (Å²) in [5, 5.41) is 3.06. The molecule has 3 nitrogen and oxygen atoms in total. The molecule has 112 valence electrons. The van der Waals surface area contributed by atoms with Crippen LogP contribution < -0.4 is 11.1 Å². The summed E-state index contributed by atoms with van der Waals surface area (Å²) in [5.41, 5.74) is 7.41. The van der Waals surface area contributed by atoms with E-state index in [0.717, 1.165) is 30.7 Å². The Hall–Kier alpha value is -1.35. The van der Waals surface area contributed by atoms with Gasteiger partial charge in [-0.15, -0.1) is 0 Å². The van der Waals surface area contributed by atoms with Crippen LogP contribution >= 0.6 is 0 Å². The predicted molar refractivity (Wildman–Crippen MR) is 84.8 cm³/mol.